The molecule has 0 saturated heterocycles. The average molecular weight is 958 g/mol. The first-order chi connectivity index (χ1) is 37.2. The minimum absolute atomic E-state index is 0.558. The number of rotatable bonds is 8. The Bertz CT molecular complexity index is 4690. The third kappa shape index (κ3) is 6.92. The summed E-state index contributed by atoms with van der Waals surface area (Å²) in [5, 5.41) is 6.72. The monoisotopic (exact) mass is 957 g/mol. The molecule has 75 heavy (non-hydrogen) atoms. The predicted octanol–water partition coefficient (Wildman–Crippen LogP) is 18.0. The van der Waals surface area contributed by atoms with Crippen molar-refractivity contribution in [2.45, 2.75) is 0 Å². The third-order valence-corrected chi connectivity index (χ3v) is 14.8. The molecule has 0 atom stereocenters. The van der Waals surface area contributed by atoms with Crippen LogP contribution in [0.1, 0.15) is 0 Å². The second-order valence-corrected chi connectivity index (χ2v) is 19.1. The first-order valence-electron chi connectivity index (χ1n) is 25.3. The summed E-state index contributed by atoms with van der Waals surface area (Å²) in [5.41, 5.74) is 17.6. The molecule has 0 amide bonds. The Morgan fingerprint density at radius 1 is 0.267 bits per heavy atom. The first-order valence-corrected chi connectivity index (χ1v) is 25.3. The van der Waals surface area contributed by atoms with Gasteiger partial charge in [-0.2, -0.15) is 0 Å². The van der Waals surface area contributed by atoms with Gasteiger partial charge in [0, 0.05) is 54.7 Å². The van der Waals surface area contributed by atoms with Crippen molar-refractivity contribution in [3.05, 3.63) is 261 Å². The molecule has 6 nitrogen and oxygen atoms in total. The van der Waals surface area contributed by atoms with E-state index in [1.807, 2.05) is 36.4 Å². The van der Waals surface area contributed by atoms with Crippen molar-refractivity contribution in [3.8, 4) is 78.9 Å². The van der Waals surface area contributed by atoms with Crippen LogP contribution in [-0.2, 0) is 0 Å². The standard InChI is InChI=1S/C69H43N5O/c1-4-19-44(20-5-1)46-37-39-47(40-38-46)67-70-68(72-69(71-67)56-30-18-36-63-66(56)55-27-12-15-35-62(55)75-63)54-42-41-48(45-21-6-2-7-22-45)43-61(54)74-58-32-14-11-26-53(58)65-51(29-17-34-60(65)74)50-28-16-33-59-64(50)52-25-10-13-31-57(52)73(59)49-23-8-3-9-24-49/h1-43H. The lowest BCUT2D eigenvalue weighted by atomic mass is 9.95. The Morgan fingerprint density at radius 3 is 1.40 bits per heavy atom. The van der Waals surface area contributed by atoms with Crippen LogP contribution in [0.25, 0.3) is 144 Å². The van der Waals surface area contributed by atoms with E-state index in [0.717, 1.165) is 99.8 Å². The highest BCUT2D eigenvalue weighted by atomic mass is 16.3. The van der Waals surface area contributed by atoms with Gasteiger partial charge in [0.1, 0.15) is 11.2 Å². The lowest BCUT2D eigenvalue weighted by molar-refractivity contribution is 0.669. The fraction of sp³-hybridized carbons (Fsp3) is 0. The topological polar surface area (TPSA) is 61.7 Å². The molecule has 4 aromatic heterocycles. The van der Waals surface area contributed by atoms with Crippen LogP contribution in [0.3, 0.4) is 0 Å². The van der Waals surface area contributed by atoms with Gasteiger partial charge in [-0.15, -0.1) is 0 Å². The number of para-hydroxylation sites is 4. The van der Waals surface area contributed by atoms with Crippen molar-refractivity contribution in [3.63, 3.8) is 0 Å². The van der Waals surface area contributed by atoms with E-state index in [-0.39, 0.29) is 0 Å². The van der Waals surface area contributed by atoms with E-state index in [9.17, 15) is 0 Å². The van der Waals surface area contributed by atoms with Gasteiger partial charge in [0.2, 0.25) is 0 Å². The summed E-state index contributed by atoms with van der Waals surface area (Å²) in [7, 11) is 0. The molecular weight excluding hydrogens is 915 g/mol. The molecule has 0 fully saturated rings. The van der Waals surface area contributed by atoms with Crippen LogP contribution in [0, 0.1) is 0 Å². The number of fused-ring (bicyclic) bond motifs is 9. The number of nitrogens with zero attached hydrogens (tertiary/aromatic N) is 5. The Balaban J connectivity index is 1.00. The average Bonchev–Trinajstić information content (AvgIpc) is 4.17. The van der Waals surface area contributed by atoms with Crippen LogP contribution in [0.4, 0.5) is 0 Å². The maximum absolute atomic E-state index is 6.44. The van der Waals surface area contributed by atoms with E-state index in [2.05, 4.69) is 234 Å². The summed E-state index contributed by atoms with van der Waals surface area (Å²) in [6, 6.07) is 92.3. The van der Waals surface area contributed by atoms with Gasteiger partial charge >= 0.3 is 0 Å². The quantitative estimate of drug-likeness (QED) is 0.152. The van der Waals surface area contributed by atoms with Crippen molar-refractivity contribution in [1.29, 1.82) is 0 Å². The van der Waals surface area contributed by atoms with Gasteiger partial charge < -0.3 is 13.6 Å². The van der Waals surface area contributed by atoms with Gasteiger partial charge in [0.15, 0.2) is 17.5 Å². The van der Waals surface area contributed by atoms with Gasteiger partial charge in [0.25, 0.3) is 0 Å². The van der Waals surface area contributed by atoms with Gasteiger partial charge in [-0.05, 0) is 94.0 Å². The van der Waals surface area contributed by atoms with E-state index in [1.165, 1.54) is 27.2 Å². The molecule has 0 aliphatic carbocycles. The number of benzene rings is 11. The van der Waals surface area contributed by atoms with Crippen LogP contribution >= 0.6 is 0 Å². The second-order valence-electron chi connectivity index (χ2n) is 19.1. The largest absolute Gasteiger partial charge is 0.456 e. The summed E-state index contributed by atoms with van der Waals surface area (Å²) >= 11 is 0. The maximum Gasteiger partial charge on any atom is 0.166 e. The van der Waals surface area contributed by atoms with E-state index < -0.39 is 0 Å². The van der Waals surface area contributed by atoms with Crippen LogP contribution in [0.2, 0.25) is 0 Å². The predicted molar refractivity (Wildman–Crippen MR) is 308 cm³/mol. The third-order valence-electron chi connectivity index (χ3n) is 14.8. The zero-order valence-corrected chi connectivity index (χ0v) is 40.5. The van der Waals surface area contributed by atoms with Crippen LogP contribution < -0.4 is 0 Å². The highest BCUT2D eigenvalue weighted by Gasteiger charge is 2.25. The zero-order valence-electron chi connectivity index (χ0n) is 40.5. The number of hydrogen-bond acceptors (Lipinski definition) is 4. The fourth-order valence-corrected chi connectivity index (χ4v) is 11.5. The molecule has 0 aliphatic rings. The molecule has 350 valence electrons. The minimum Gasteiger partial charge on any atom is -0.456 e. The summed E-state index contributed by atoms with van der Waals surface area (Å²) < 4.78 is 11.3. The SMILES string of the molecule is c1ccc(-c2ccc(-c3nc(-c4ccc(-c5ccccc5)cc4-n4c5ccccc5c5c(-c6cccc7c6c6ccccc6n7-c6ccccc6)cccc54)nc(-c4cccc5oc6ccccc6c45)n3)cc2)cc1. The molecule has 4 heterocycles. The van der Waals surface area contributed by atoms with Crippen LogP contribution in [0.5, 0.6) is 0 Å². The minimum atomic E-state index is 0.558. The molecule has 0 unspecified atom stereocenters. The summed E-state index contributed by atoms with van der Waals surface area (Å²) in [6.45, 7) is 0. The lowest BCUT2D eigenvalue weighted by Gasteiger charge is -2.17. The molecule has 0 bridgehead atoms. The van der Waals surface area contributed by atoms with E-state index >= 15 is 0 Å². The number of furan rings is 1. The zero-order chi connectivity index (χ0) is 49.4. The molecule has 0 aliphatic heterocycles. The van der Waals surface area contributed by atoms with Crippen LogP contribution in [0.15, 0.2) is 265 Å². The summed E-state index contributed by atoms with van der Waals surface area (Å²) in [6.07, 6.45) is 0. The van der Waals surface area contributed by atoms with Crippen molar-refractivity contribution < 1.29 is 4.42 Å². The van der Waals surface area contributed by atoms with Crippen LogP contribution in [-0.4, -0.2) is 24.1 Å². The normalized spacial score (nSPS) is 11.7. The molecule has 0 N–H and O–H groups in total. The van der Waals surface area contributed by atoms with Gasteiger partial charge in [-0.25, -0.2) is 15.0 Å². The van der Waals surface area contributed by atoms with E-state index in [0.29, 0.717) is 17.5 Å². The van der Waals surface area contributed by atoms with Crippen molar-refractivity contribution >= 4 is 65.6 Å². The number of aromatic nitrogens is 5. The Kier molecular flexibility index (Phi) is 9.78. The van der Waals surface area contributed by atoms with E-state index in [4.69, 9.17) is 19.4 Å². The Morgan fingerprint density at radius 2 is 0.720 bits per heavy atom. The van der Waals surface area contributed by atoms with Crippen molar-refractivity contribution in [2.24, 2.45) is 0 Å². The first kappa shape index (κ1) is 42.5. The van der Waals surface area contributed by atoms with Gasteiger partial charge in [-0.3, -0.25) is 0 Å². The van der Waals surface area contributed by atoms with Gasteiger partial charge in [-0.1, -0.05) is 200 Å². The number of hydrogen-bond donors (Lipinski definition) is 0. The molecule has 15 aromatic rings. The highest BCUT2D eigenvalue weighted by molar-refractivity contribution is 6.22. The Hall–Kier alpha value is -10.2. The lowest BCUT2D eigenvalue weighted by Crippen LogP contribution is -2.04. The highest BCUT2D eigenvalue weighted by Crippen LogP contribution is 2.46. The van der Waals surface area contributed by atoms with Crippen molar-refractivity contribution in [2.75, 3.05) is 0 Å². The molecular formula is C69H43N5O. The summed E-state index contributed by atoms with van der Waals surface area (Å²) in [5.74, 6) is 1.69. The smallest absolute Gasteiger partial charge is 0.166 e. The van der Waals surface area contributed by atoms with E-state index in [1.54, 1.807) is 0 Å². The fourth-order valence-electron chi connectivity index (χ4n) is 11.5. The van der Waals surface area contributed by atoms with Gasteiger partial charge in [0.05, 0.1) is 27.8 Å². The Labute approximate surface area is 431 Å². The molecule has 0 saturated carbocycles. The molecule has 15 rings (SSSR count). The molecule has 6 heteroatoms. The second kappa shape index (κ2) is 17.3. The molecule has 0 radical (unpaired) electrons. The molecule has 11 aromatic carbocycles. The summed E-state index contributed by atoms with van der Waals surface area (Å²) in [4.78, 5) is 16.3. The molecule has 0 spiro atoms. The van der Waals surface area contributed by atoms with Crippen molar-refractivity contribution in [1.82, 2.24) is 24.1 Å². The maximum atomic E-state index is 6.44.